The van der Waals surface area contributed by atoms with Crippen LogP contribution in [0.4, 0.5) is 5.00 Å². The molecule has 1 aromatic heterocycles. The van der Waals surface area contributed by atoms with Crippen LogP contribution in [0.2, 0.25) is 0 Å². The molecular weight excluding hydrogens is 258 g/mol. The second-order valence-corrected chi connectivity index (χ2v) is 5.93. The van der Waals surface area contributed by atoms with Crippen molar-refractivity contribution in [2.45, 2.75) is 44.9 Å². The molecule has 0 saturated heterocycles. The number of nitrogens with zero attached hydrogens (tertiary/aromatic N) is 1. The number of nitrogens with two attached hydrogens (primary N) is 1. The molecule has 3 N–H and O–H groups in total. The lowest BCUT2D eigenvalue weighted by Gasteiger charge is -2.03. The van der Waals surface area contributed by atoms with Crippen molar-refractivity contribution in [3.05, 3.63) is 16.0 Å². The van der Waals surface area contributed by atoms with Crippen molar-refractivity contribution in [2.75, 3.05) is 11.9 Å². The van der Waals surface area contributed by atoms with Crippen LogP contribution in [0.15, 0.2) is 0 Å². The van der Waals surface area contributed by atoms with Crippen molar-refractivity contribution < 1.29 is 4.79 Å². The Kier molecular flexibility index (Phi) is 4.94. The van der Waals surface area contributed by atoms with Gasteiger partial charge in [-0.1, -0.05) is 6.42 Å². The predicted molar refractivity (Wildman–Crippen MR) is 77.2 cm³/mol. The van der Waals surface area contributed by atoms with Gasteiger partial charge in [0.15, 0.2) is 0 Å². The van der Waals surface area contributed by atoms with Crippen molar-refractivity contribution >= 4 is 22.2 Å². The second kappa shape index (κ2) is 6.69. The molecule has 1 aliphatic rings. The van der Waals surface area contributed by atoms with Crippen molar-refractivity contribution in [3.63, 3.8) is 0 Å². The number of nitriles is 1. The molecular formula is C14H19N3OS. The van der Waals surface area contributed by atoms with Gasteiger partial charge in [-0.15, -0.1) is 11.3 Å². The average molecular weight is 277 g/mol. The normalized spacial score (nSPS) is 14.3. The summed E-state index contributed by atoms with van der Waals surface area (Å²) in [7, 11) is 0. The van der Waals surface area contributed by atoms with E-state index in [2.05, 4.69) is 11.4 Å². The predicted octanol–water partition coefficient (Wildman–Crippen LogP) is 2.57. The maximum Gasteiger partial charge on any atom is 0.225 e. The number of amides is 1. The Morgan fingerprint density at radius 2 is 2.16 bits per heavy atom. The first-order valence-corrected chi connectivity index (χ1v) is 7.62. The Bertz CT molecular complexity index is 502. The maximum atomic E-state index is 11.8. The number of fused-ring (bicyclic) bond motifs is 1. The molecule has 0 radical (unpaired) electrons. The van der Waals surface area contributed by atoms with E-state index in [-0.39, 0.29) is 5.91 Å². The summed E-state index contributed by atoms with van der Waals surface area (Å²) in [6.45, 7) is 0.513. The Hall–Kier alpha value is -1.38. The minimum Gasteiger partial charge on any atom is -0.330 e. The van der Waals surface area contributed by atoms with E-state index < -0.39 is 0 Å². The first-order valence-electron chi connectivity index (χ1n) is 6.80. The van der Waals surface area contributed by atoms with Gasteiger partial charge < -0.3 is 11.1 Å². The molecule has 0 atom stereocenters. The molecule has 19 heavy (non-hydrogen) atoms. The van der Waals surface area contributed by atoms with E-state index in [1.54, 1.807) is 11.3 Å². The van der Waals surface area contributed by atoms with Crippen LogP contribution < -0.4 is 11.1 Å². The van der Waals surface area contributed by atoms with Gasteiger partial charge in [-0.25, -0.2) is 0 Å². The lowest BCUT2D eigenvalue weighted by atomic mass is 10.1. The number of aryl methyl sites for hydroxylation is 1. The third kappa shape index (κ3) is 3.34. The molecule has 102 valence electrons. The van der Waals surface area contributed by atoms with Gasteiger partial charge in [0, 0.05) is 11.3 Å². The number of carbonyl (C=O) groups excluding carboxylic acids is 1. The highest BCUT2D eigenvalue weighted by Gasteiger charge is 2.20. The molecule has 0 fully saturated rings. The van der Waals surface area contributed by atoms with E-state index in [0.717, 1.165) is 24.3 Å². The van der Waals surface area contributed by atoms with Gasteiger partial charge in [0.1, 0.15) is 11.1 Å². The van der Waals surface area contributed by atoms with E-state index in [9.17, 15) is 10.1 Å². The van der Waals surface area contributed by atoms with Crippen molar-refractivity contribution in [3.8, 4) is 6.07 Å². The fraction of sp³-hybridized carbons (Fsp3) is 0.571. The number of hydrogen-bond acceptors (Lipinski definition) is 4. The first kappa shape index (κ1) is 14.0. The van der Waals surface area contributed by atoms with Crippen molar-refractivity contribution in [1.82, 2.24) is 0 Å². The molecule has 0 saturated carbocycles. The van der Waals surface area contributed by atoms with Gasteiger partial charge in [0.05, 0.1) is 5.56 Å². The molecule has 1 aliphatic carbocycles. The zero-order chi connectivity index (χ0) is 13.7. The van der Waals surface area contributed by atoms with Gasteiger partial charge in [0.2, 0.25) is 5.91 Å². The summed E-state index contributed by atoms with van der Waals surface area (Å²) in [5, 5.41) is 12.9. The van der Waals surface area contributed by atoms with E-state index in [4.69, 9.17) is 5.73 Å². The molecule has 1 amide bonds. The van der Waals surface area contributed by atoms with Crippen LogP contribution in [0.25, 0.3) is 0 Å². The molecule has 2 rings (SSSR count). The molecule has 0 spiro atoms. The molecule has 1 heterocycles. The van der Waals surface area contributed by atoms with Gasteiger partial charge >= 0.3 is 0 Å². The Morgan fingerprint density at radius 1 is 1.37 bits per heavy atom. The number of thiophene rings is 1. The Labute approximate surface area is 117 Å². The van der Waals surface area contributed by atoms with Crippen LogP contribution in [0.5, 0.6) is 0 Å². The monoisotopic (exact) mass is 277 g/mol. The molecule has 4 nitrogen and oxygen atoms in total. The van der Waals surface area contributed by atoms with Gasteiger partial charge in [-0.05, 0) is 44.2 Å². The van der Waals surface area contributed by atoms with Crippen molar-refractivity contribution in [1.29, 1.82) is 5.26 Å². The van der Waals surface area contributed by atoms with Crippen LogP contribution in [-0.2, 0) is 17.6 Å². The van der Waals surface area contributed by atoms with Crippen LogP contribution in [-0.4, -0.2) is 12.5 Å². The van der Waals surface area contributed by atoms with E-state index in [1.807, 2.05) is 0 Å². The molecule has 0 bridgehead atoms. The minimum atomic E-state index is -0.0432. The summed E-state index contributed by atoms with van der Waals surface area (Å²) in [5.41, 5.74) is 7.24. The lowest BCUT2D eigenvalue weighted by Crippen LogP contribution is -2.13. The molecule has 1 aromatic rings. The minimum absolute atomic E-state index is 0.0432. The van der Waals surface area contributed by atoms with Gasteiger partial charge in [-0.2, -0.15) is 5.26 Å². The zero-order valence-electron chi connectivity index (χ0n) is 11.0. The summed E-state index contributed by atoms with van der Waals surface area (Å²) in [6, 6.07) is 2.26. The van der Waals surface area contributed by atoms with E-state index >= 15 is 0 Å². The largest absolute Gasteiger partial charge is 0.330 e. The summed E-state index contributed by atoms with van der Waals surface area (Å²) in [5.74, 6) is -0.0432. The summed E-state index contributed by atoms with van der Waals surface area (Å²) < 4.78 is 0. The quantitative estimate of drug-likeness (QED) is 0.830. The highest BCUT2D eigenvalue weighted by Crippen LogP contribution is 2.36. The number of anilines is 1. The highest BCUT2D eigenvalue weighted by molar-refractivity contribution is 7.16. The van der Waals surface area contributed by atoms with Crippen LogP contribution in [0.1, 0.15) is 48.1 Å². The van der Waals surface area contributed by atoms with Gasteiger partial charge in [0.25, 0.3) is 0 Å². The number of rotatable bonds is 4. The lowest BCUT2D eigenvalue weighted by molar-refractivity contribution is -0.116. The fourth-order valence-corrected chi connectivity index (χ4v) is 3.66. The molecule has 0 aromatic carbocycles. The van der Waals surface area contributed by atoms with E-state index in [1.165, 1.54) is 23.3 Å². The highest BCUT2D eigenvalue weighted by atomic mass is 32.1. The van der Waals surface area contributed by atoms with Crippen molar-refractivity contribution in [2.24, 2.45) is 5.73 Å². The summed E-state index contributed by atoms with van der Waals surface area (Å²) in [4.78, 5) is 13.0. The second-order valence-electron chi connectivity index (χ2n) is 4.82. The summed E-state index contributed by atoms with van der Waals surface area (Å²) in [6.07, 6.45) is 6.64. The molecule has 0 unspecified atom stereocenters. The number of hydrogen-bond donors (Lipinski definition) is 2. The Balaban J connectivity index is 2.17. The SMILES string of the molecule is N#Cc1c(NC(=O)CCCN)sc2c1CCCCC2. The smallest absolute Gasteiger partial charge is 0.225 e. The average Bonchev–Trinajstić information content (AvgIpc) is 2.58. The fourth-order valence-electron chi connectivity index (χ4n) is 2.40. The van der Waals surface area contributed by atoms with Gasteiger partial charge in [-0.3, -0.25) is 4.79 Å². The standard InChI is InChI=1S/C14H19N3OS/c15-8-4-7-13(18)17-14-11(9-16)10-5-2-1-3-6-12(10)19-14/h1-8,15H2,(H,17,18). The van der Waals surface area contributed by atoms with Crippen LogP contribution in [0, 0.1) is 11.3 Å². The Morgan fingerprint density at radius 3 is 2.89 bits per heavy atom. The maximum absolute atomic E-state index is 11.8. The third-order valence-corrected chi connectivity index (χ3v) is 4.60. The first-order chi connectivity index (χ1) is 9.26. The third-order valence-electron chi connectivity index (χ3n) is 3.39. The van der Waals surface area contributed by atoms with Crippen LogP contribution >= 0.6 is 11.3 Å². The molecule has 0 aliphatic heterocycles. The zero-order valence-corrected chi connectivity index (χ0v) is 11.8. The van der Waals surface area contributed by atoms with E-state index in [0.29, 0.717) is 24.9 Å². The topological polar surface area (TPSA) is 78.9 Å². The molecule has 5 heteroatoms. The van der Waals surface area contributed by atoms with Crippen LogP contribution in [0.3, 0.4) is 0 Å². The number of carbonyl (C=O) groups is 1. The summed E-state index contributed by atoms with van der Waals surface area (Å²) >= 11 is 1.58. The number of nitrogens with one attached hydrogen (secondary N) is 1.